The van der Waals surface area contributed by atoms with E-state index in [2.05, 4.69) is 51.3 Å². The molecule has 6 unspecified atom stereocenters. The molecular formula is C33H62N2. The highest BCUT2D eigenvalue weighted by Crippen LogP contribution is 2.40. The maximum absolute atomic E-state index is 2.93. The van der Waals surface area contributed by atoms with Gasteiger partial charge in [0.05, 0.1) is 0 Å². The second kappa shape index (κ2) is 13.1. The second-order valence-electron chi connectivity index (χ2n) is 14.7. The van der Waals surface area contributed by atoms with Crippen LogP contribution in [-0.4, -0.2) is 48.1 Å². The Morgan fingerprint density at radius 2 is 0.914 bits per heavy atom. The maximum atomic E-state index is 2.93. The fourth-order valence-corrected chi connectivity index (χ4v) is 8.99. The van der Waals surface area contributed by atoms with Crippen LogP contribution >= 0.6 is 0 Å². The van der Waals surface area contributed by atoms with Gasteiger partial charge in [0.15, 0.2) is 0 Å². The van der Waals surface area contributed by atoms with E-state index >= 15 is 0 Å². The highest BCUT2D eigenvalue weighted by Gasteiger charge is 2.37. The summed E-state index contributed by atoms with van der Waals surface area (Å²) in [5, 5.41) is 0. The van der Waals surface area contributed by atoms with Gasteiger partial charge in [0.25, 0.3) is 0 Å². The SMILES string of the molecule is CC1CCC(C(C)C)C(N2CCC(CCCC3CCN(C4CC(C)CCC4C(C)C)CC3)CC2)C1. The molecule has 0 amide bonds. The zero-order valence-corrected chi connectivity index (χ0v) is 24.7. The summed E-state index contributed by atoms with van der Waals surface area (Å²) in [7, 11) is 0. The summed E-state index contributed by atoms with van der Waals surface area (Å²) in [6.07, 6.45) is 19.2. The molecule has 4 fully saturated rings. The molecule has 2 heteroatoms. The van der Waals surface area contributed by atoms with Crippen molar-refractivity contribution >= 4 is 0 Å². The summed E-state index contributed by atoms with van der Waals surface area (Å²) in [4.78, 5) is 5.87. The Bertz CT molecular complexity index is 546. The number of nitrogens with zero attached hydrogens (tertiary/aromatic N) is 2. The third kappa shape index (κ3) is 7.49. The summed E-state index contributed by atoms with van der Waals surface area (Å²) in [6, 6.07) is 1.76. The number of rotatable bonds is 8. The predicted molar refractivity (Wildman–Crippen MR) is 153 cm³/mol. The predicted octanol–water partition coefficient (Wildman–Crippen LogP) is 8.50. The summed E-state index contributed by atoms with van der Waals surface area (Å²) in [6.45, 7) is 20.5. The van der Waals surface area contributed by atoms with Crippen molar-refractivity contribution in [2.24, 2.45) is 47.3 Å². The van der Waals surface area contributed by atoms with Crippen molar-refractivity contribution in [3.63, 3.8) is 0 Å². The van der Waals surface area contributed by atoms with Gasteiger partial charge in [-0.3, -0.25) is 0 Å². The van der Waals surface area contributed by atoms with Crippen LogP contribution in [0, 0.1) is 47.3 Å². The van der Waals surface area contributed by atoms with Crippen LogP contribution in [0.15, 0.2) is 0 Å². The molecule has 2 saturated heterocycles. The molecule has 0 aromatic carbocycles. The monoisotopic (exact) mass is 486 g/mol. The van der Waals surface area contributed by atoms with E-state index in [9.17, 15) is 0 Å². The highest BCUT2D eigenvalue weighted by atomic mass is 15.2. The molecule has 0 radical (unpaired) electrons. The van der Waals surface area contributed by atoms with Crippen LogP contribution < -0.4 is 0 Å². The fraction of sp³-hybridized carbons (Fsp3) is 1.00. The molecule has 2 saturated carbocycles. The van der Waals surface area contributed by atoms with E-state index in [0.717, 1.165) is 59.4 Å². The molecule has 6 atom stereocenters. The summed E-state index contributed by atoms with van der Waals surface area (Å²) < 4.78 is 0. The van der Waals surface area contributed by atoms with Crippen LogP contribution in [0.25, 0.3) is 0 Å². The summed E-state index contributed by atoms with van der Waals surface area (Å²) in [5.74, 6) is 7.51. The van der Waals surface area contributed by atoms with E-state index in [1.807, 2.05) is 0 Å². The Morgan fingerprint density at radius 1 is 0.543 bits per heavy atom. The van der Waals surface area contributed by atoms with Crippen molar-refractivity contribution in [1.82, 2.24) is 9.80 Å². The number of likely N-dealkylation sites (tertiary alicyclic amines) is 2. The van der Waals surface area contributed by atoms with Gasteiger partial charge in [-0.15, -0.1) is 0 Å². The van der Waals surface area contributed by atoms with E-state index in [-0.39, 0.29) is 0 Å². The van der Waals surface area contributed by atoms with Gasteiger partial charge in [-0.1, -0.05) is 73.6 Å². The molecular weight excluding hydrogens is 424 g/mol. The average Bonchev–Trinajstić information content (AvgIpc) is 2.84. The number of hydrogen-bond acceptors (Lipinski definition) is 2. The van der Waals surface area contributed by atoms with E-state index in [1.165, 1.54) is 110 Å². The first kappa shape index (κ1) is 27.9. The molecule has 0 bridgehead atoms. The standard InChI is InChI=1S/C33H62N2/c1-24(2)30-12-10-26(5)22-32(30)34-18-14-28(15-19-34)8-7-9-29-16-20-35(21-17-29)33-23-27(6)11-13-31(33)25(3)4/h24-33H,7-23H2,1-6H3. The minimum absolute atomic E-state index is 0.856. The first-order valence-corrected chi connectivity index (χ1v) is 16.3. The Balaban J connectivity index is 1.14. The molecule has 0 spiro atoms. The van der Waals surface area contributed by atoms with Gasteiger partial charge in [0.1, 0.15) is 0 Å². The lowest BCUT2D eigenvalue weighted by Crippen LogP contribution is -2.49. The smallest absolute Gasteiger partial charge is 0.0128 e. The quantitative estimate of drug-likeness (QED) is 0.339. The van der Waals surface area contributed by atoms with Crippen LogP contribution in [0.2, 0.25) is 0 Å². The van der Waals surface area contributed by atoms with Gasteiger partial charge in [0, 0.05) is 12.1 Å². The van der Waals surface area contributed by atoms with Gasteiger partial charge in [-0.05, 0) is 125 Å². The molecule has 2 heterocycles. The Kier molecular flexibility index (Phi) is 10.5. The zero-order chi connectivity index (χ0) is 24.9. The molecule has 35 heavy (non-hydrogen) atoms. The van der Waals surface area contributed by atoms with Crippen molar-refractivity contribution < 1.29 is 0 Å². The van der Waals surface area contributed by atoms with Crippen LogP contribution in [0.3, 0.4) is 0 Å². The first-order valence-electron chi connectivity index (χ1n) is 16.3. The number of piperidine rings is 2. The minimum atomic E-state index is 0.856. The third-order valence-electron chi connectivity index (χ3n) is 11.4. The lowest BCUT2D eigenvalue weighted by atomic mass is 9.72. The Labute approximate surface area is 220 Å². The molecule has 204 valence electrons. The highest BCUT2D eigenvalue weighted by molar-refractivity contribution is 4.91. The zero-order valence-electron chi connectivity index (χ0n) is 24.7. The Hall–Kier alpha value is -0.0800. The average molecular weight is 487 g/mol. The van der Waals surface area contributed by atoms with Crippen molar-refractivity contribution in [1.29, 1.82) is 0 Å². The van der Waals surface area contributed by atoms with E-state index in [4.69, 9.17) is 0 Å². The third-order valence-corrected chi connectivity index (χ3v) is 11.4. The molecule has 2 aliphatic heterocycles. The fourth-order valence-electron chi connectivity index (χ4n) is 8.99. The Morgan fingerprint density at radius 3 is 1.26 bits per heavy atom. The molecule has 0 aromatic heterocycles. The van der Waals surface area contributed by atoms with Crippen molar-refractivity contribution in [3.05, 3.63) is 0 Å². The lowest BCUT2D eigenvalue weighted by Gasteiger charge is -2.47. The summed E-state index contributed by atoms with van der Waals surface area (Å²) in [5.41, 5.74) is 0. The molecule has 2 nitrogen and oxygen atoms in total. The summed E-state index contributed by atoms with van der Waals surface area (Å²) >= 11 is 0. The second-order valence-corrected chi connectivity index (χ2v) is 14.7. The number of hydrogen-bond donors (Lipinski definition) is 0. The van der Waals surface area contributed by atoms with E-state index in [1.54, 1.807) is 0 Å². The van der Waals surface area contributed by atoms with Crippen LogP contribution in [0.4, 0.5) is 0 Å². The van der Waals surface area contributed by atoms with E-state index < -0.39 is 0 Å². The normalized spacial score (nSPS) is 37.4. The molecule has 4 rings (SSSR count). The van der Waals surface area contributed by atoms with Gasteiger partial charge >= 0.3 is 0 Å². The lowest BCUT2D eigenvalue weighted by molar-refractivity contribution is 0.0304. The van der Waals surface area contributed by atoms with Gasteiger partial charge < -0.3 is 9.80 Å². The van der Waals surface area contributed by atoms with Crippen LogP contribution in [-0.2, 0) is 0 Å². The maximum Gasteiger partial charge on any atom is 0.0128 e. The van der Waals surface area contributed by atoms with Gasteiger partial charge in [-0.2, -0.15) is 0 Å². The molecule has 2 aliphatic carbocycles. The van der Waals surface area contributed by atoms with Crippen LogP contribution in [0.1, 0.15) is 125 Å². The minimum Gasteiger partial charge on any atom is -0.300 e. The van der Waals surface area contributed by atoms with Crippen LogP contribution in [0.5, 0.6) is 0 Å². The van der Waals surface area contributed by atoms with E-state index in [0.29, 0.717) is 0 Å². The van der Waals surface area contributed by atoms with Crippen molar-refractivity contribution in [2.45, 2.75) is 137 Å². The van der Waals surface area contributed by atoms with Crippen molar-refractivity contribution in [2.75, 3.05) is 26.2 Å². The molecule has 0 N–H and O–H groups in total. The van der Waals surface area contributed by atoms with Gasteiger partial charge in [0.2, 0.25) is 0 Å². The topological polar surface area (TPSA) is 6.48 Å². The molecule has 0 aromatic rings. The largest absolute Gasteiger partial charge is 0.300 e. The molecule has 4 aliphatic rings. The first-order chi connectivity index (χ1) is 16.8. The van der Waals surface area contributed by atoms with Crippen molar-refractivity contribution in [3.8, 4) is 0 Å². The van der Waals surface area contributed by atoms with Gasteiger partial charge in [-0.25, -0.2) is 0 Å².